The molecule has 2 fully saturated rings. The van der Waals surface area contributed by atoms with E-state index in [4.69, 9.17) is 36.1 Å². The lowest BCUT2D eigenvalue weighted by atomic mass is 9.94. The van der Waals surface area contributed by atoms with Gasteiger partial charge in [-0.25, -0.2) is 21.6 Å². The number of aromatic nitrogens is 10. The lowest BCUT2D eigenvalue weighted by Gasteiger charge is -2.39. The van der Waals surface area contributed by atoms with Crippen molar-refractivity contribution in [3.8, 4) is 5.75 Å². The summed E-state index contributed by atoms with van der Waals surface area (Å²) in [7, 11) is -4.19. The van der Waals surface area contributed by atoms with Gasteiger partial charge in [0.15, 0.2) is 5.50 Å². The molecular weight excluding hydrogens is 1870 g/mol. The predicted octanol–water partition coefficient (Wildman–Crippen LogP) is 14.4. The highest BCUT2D eigenvalue weighted by molar-refractivity contribution is 7.91. The maximum atomic E-state index is 14.0. The van der Waals surface area contributed by atoms with Crippen LogP contribution in [0.1, 0.15) is 168 Å². The first-order valence-corrected chi connectivity index (χ1v) is 49.3. The number of nitrogens with two attached hydrogens (primary N) is 5. The number of fused-ring (bicyclic) bond motifs is 7. The van der Waals surface area contributed by atoms with Gasteiger partial charge in [-0.05, 0) is 207 Å². The molecule has 3 aliphatic rings. The smallest absolute Gasteiger partial charge is 0.263 e. The van der Waals surface area contributed by atoms with Crippen molar-refractivity contribution in [1.82, 2.24) is 82.5 Å². The fraction of sp³-hybridized carbons (Fsp3) is 0.290. The molecule has 6 amide bonds. The number of carbonyl (C=O) groups excluding carboxylic acids is 6. The zero-order chi connectivity index (χ0) is 98.5. The Labute approximate surface area is 799 Å². The van der Waals surface area contributed by atoms with Crippen LogP contribution < -0.4 is 64.9 Å². The zero-order valence-electron chi connectivity index (χ0n) is 77.0. The number of halogens is 3. The minimum atomic E-state index is -4.14. The Morgan fingerprint density at radius 1 is 0.496 bits per heavy atom. The summed E-state index contributed by atoms with van der Waals surface area (Å²) in [6.07, 6.45) is 4.90. The third kappa shape index (κ3) is 21.4. The molecule has 702 valence electrons. The number of hydrogen-bond donors (Lipinski definition) is 10. The summed E-state index contributed by atoms with van der Waals surface area (Å²) in [5.74, 6) is -1.14. The van der Waals surface area contributed by atoms with E-state index in [1.807, 2.05) is 102 Å². The first-order valence-electron chi connectivity index (χ1n) is 43.5. The van der Waals surface area contributed by atoms with Gasteiger partial charge in [-0.3, -0.25) is 33.0 Å². The summed E-state index contributed by atoms with van der Waals surface area (Å²) in [6, 6.07) is 34.5. The maximum Gasteiger partial charge on any atom is 0.263 e. The van der Waals surface area contributed by atoms with Gasteiger partial charge in [0.25, 0.3) is 35.4 Å². The van der Waals surface area contributed by atoms with E-state index in [2.05, 4.69) is 77.6 Å². The molecule has 15 aromatic rings. The van der Waals surface area contributed by atoms with Crippen molar-refractivity contribution < 1.29 is 62.0 Å². The molecule has 2 saturated heterocycles. The molecule has 4 unspecified atom stereocenters. The van der Waals surface area contributed by atoms with Crippen molar-refractivity contribution in [2.24, 2.45) is 0 Å². The van der Waals surface area contributed by atoms with E-state index >= 15 is 0 Å². The molecule has 0 bridgehead atoms. The summed E-state index contributed by atoms with van der Waals surface area (Å²) < 4.78 is 97.4. The number of amides is 6. The number of ether oxygens (including phenoxy) is 1. The van der Waals surface area contributed by atoms with Crippen LogP contribution in [-0.4, -0.2) is 160 Å². The van der Waals surface area contributed by atoms with E-state index < -0.39 is 44.0 Å². The maximum absolute atomic E-state index is 14.0. The van der Waals surface area contributed by atoms with Crippen LogP contribution in [0.2, 0.25) is 0 Å². The number of para-hydroxylation sites is 1. The summed E-state index contributed by atoms with van der Waals surface area (Å²) in [6.45, 7) is 17.7. The highest BCUT2D eigenvalue weighted by atomic mass is 32.2. The van der Waals surface area contributed by atoms with Crippen LogP contribution in [0, 0.1) is 61.2 Å². The number of aryl methyl sites for hydroxylation is 10. The van der Waals surface area contributed by atoms with Crippen LogP contribution in [0.3, 0.4) is 0 Å². The van der Waals surface area contributed by atoms with Crippen LogP contribution in [0.4, 0.5) is 47.3 Å². The Hall–Kier alpha value is -13.4. The predicted molar refractivity (Wildman–Crippen MR) is 526 cm³/mol. The second-order valence-electron chi connectivity index (χ2n) is 32.1. The molecule has 12 heterocycles. The lowest BCUT2D eigenvalue weighted by molar-refractivity contribution is 0.0543. The Morgan fingerprint density at radius 3 is 1.35 bits per heavy atom. The largest absolute Gasteiger partial charge is 0.497 e. The second kappa shape index (κ2) is 42.0. The van der Waals surface area contributed by atoms with Crippen molar-refractivity contribution in [2.75, 3.05) is 66.9 Å². The fourth-order valence-corrected chi connectivity index (χ4v) is 21.8. The number of rotatable bonds is 20. The third-order valence-corrected chi connectivity index (χ3v) is 31.7. The van der Waals surface area contributed by atoms with Gasteiger partial charge in [-0.2, -0.15) is 25.5 Å². The van der Waals surface area contributed by atoms with Crippen molar-refractivity contribution in [1.29, 1.82) is 0 Å². The van der Waals surface area contributed by atoms with Gasteiger partial charge < -0.3 is 69.8 Å². The van der Waals surface area contributed by atoms with Crippen molar-refractivity contribution in [2.45, 2.75) is 154 Å². The van der Waals surface area contributed by atoms with E-state index in [9.17, 15) is 54.6 Å². The summed E-state index contributed by atoms with van der Waals surface area (Å²) >= 11 is 6.02. The average molecular weight is 1970 g/mol. The van der Waals surface area contributed by atoms with Gasteiger partial charge in [0, 0.05) is 89.2 Å². The van der Waals surface area contributed by atoms with Gasteiger partial charge in [-0.15, -0.1) is 82.2 Å². The first kappa shape index (κ1) is 94.8. The summed E-state index contributed by atoms with van der Waals surface area (Å²) in [4.78, 5) is 84.6. The van der Waals surface area contributed by atoms with E-state index in [0.29, 0.717) is 122 Å². The van der Waals surface area contributed by atoms with Crippen molar-refractivity contribution >= 4 is 198 Å². The van der Waals surface area contributed by atoms with Gasteiger partial charge >= 0.3 is 0 Å². The number of nitrogen functional groups attached to an aromatic ring is 5. The topological polar surface area (TPSA) is 488 Å². The third-order valence-electron chi connectivity index (χ3n) is 23.2. The quantitative estimate of drug-likeness (QED) is 0.0339. The van der Waals surface area contributed by atoms with E-state index in [0.717, 1.165) is 151 Å². The van der Waals surface area contributed by atoms with Gasteiger partial charge in [0.2, 0.25) is 15.3 Å². The van der Waals surface area contributed by atoms with Gasteiger partial charge in [0.05, 0.1) is 94.2 Å². The highest BCUT2D eigenvalue weighted by Crippen LogP contribution is 2.42. The highest BCUT2D eigenvalue weighted by Gasteiger charge is 2.35. The molecule has 32 nitrogen and oxygen atoms in total. The van der Waals surface area contributed by atoms with E-state index in [-0.39, 0.29) is 75.0 Å². The Bertz CT molecular complexity index is 7310. The SMILES string of the molecule is COc1ccc(CNC(=O)c2sc3nnc4c(c3c2N)CCCC4)cc1.Cc1nnc2sc(C(=O)NC3CCN(c4ccccc4F)C3)c(N)c2c1C.Cc1nnc2sc(C(=O)NC3CN(C(=O)c4ccccc4)C3)c(N)c2c1C.Cc1nnc2sc(C(=O)NCc3ccc(S(=O)C(C)F)cc3)c(N)c2c1C.[2H]C([2H])(NC(=O)c1sc2nnc(C)c(C)c2c1N)c1ccc(S(=O)(=O)C(C)F)cc1. The van der Waals surface area contributed by atoms with Crippen LogP contribution in [0.5, 0.6) is 5.75 Å². The molecule has 5 aromatic carbocycles. The van der Waals surface area contributed by atoms with Crippen LogP contribution >= 0.6 is 56.7 Å². The average Bonchev–Trinajstić information content (AvgIpc) is 1.62. The lowest BCUT2D eigenvalue weighted by Crippen LogP contribution is -2.60. The summed E-state index contributed by atoms with van der Waals surface area (Å²) in [5, 5.41) is 59.2. The molecule has 15 N–H and O–H groups in total. The van der Waals surface area contributed by atoms with E-state index in [1.165, 1.54) is 76.0 Å². The van der Waals surface area contributed by atoms with Crippen LogP contribution in [0.15, 0.2) is 137 Å². The molecule has 42 heteroatoms. The molecule has 0 radical (unpaired) electrons. The van der Waals surface area contributed by atoms with Gasteiger partial charge in [0.1, 0.15) is 60.1 Å². The molecule has 1 aliphatic carbocycles. The standard InChI is InChI=1S/C19H20FN5OS.C19H19N5O2S.C19H20N4O2S.C18H19FN4O3S2.C18H19FN4O2S2/c1-10-11(2)23-24-19-15(10)16(21)17(27-19)18(26)22-12-7-8-25(9-12)14-6-4-3-5-13(14)20;1-10-11(2)22-23-18-14(10)15(20)16(27-18)17(25)21-13-8-24(9-13)19(26)12-6-4-3-5-7-12;1-25-12-8-6-11(7-9-12)10-21-18(24)17-16(20)15-13-4-2-3-5-14(13)22-23-19(15)26-17;1-9-10(2)22-23-18-14(9)15(20)16(27-18)17(24)21-8-12-4-6-13(7-5-12)28(25,26)11(3)19;1-9-10(2)22-23-18-14(9)15(20)16(26-18)17(24)21-8-12-4-6-13(7-5-12)27(25)11(3)19/h3-6,12H,7-9,21H2,1-2H3,(H,22,26);3-7,13H,8-9,20H2,1-2H3,(H,21,25);6-9H,2-5,10,20H2,1H3,(H,21,24);4-7,11H,8,20H2,1-3H3,(H,21,24);4-7,11H,8,20H2,1-3H3,(H,21,24)/i;;;8D2;. The number of sulfone groups is 1. The van der Waals surface area contributed by atoms with Crippen LogP contribution in [-0.2, 0) is 53.1 Å². The van der Waals surface area contributed by atoms with Crippen LogP contribution in [0.25, 0.3) is 51.1 Å². The number of alkyl halides is 2. The number of anilines is 6. The molecule has 4 atom stereocenters. The number of carbonyl (C=O) groups is 6. The molecule has 0 saturated carbocycles. The zero-order valence-corrected chi connectivity index (χ0v) is 80.8. The normalized spacial score (nSPS) is 14.5. The number of likely N-dealkylation sites (tertiary alicyclic amines) is 1. The molecular formula is C93H97F3N22O10S7. The summed E-state index contributed by atoms with van der Waals surface area (Å²) in [5.41, 5.74) is 41.4. The minimum Gasteiger partial charge on any atom is -0.497 e. The fourth-order valence-electron chi connectivity index (χ4n) is 15.1. The van der Waals surface area contributed by atoms with Gasteiger partial charge in [-0.1, -0.05) is 66.7 Å². The number of nitrogens with zero attached hydrogens (tertiary/aromatic N) is 12. The molecule has 135 heavy (non-hydrogen) atoms. The van der Waals surface area contributed by atoms with Crippen molar-refractivity contribution in [3.05, 3.63) is 236 Å². The van der Waals surface area contributed by atoms with Crippen molar-refractivity contribution in [3.63, 3.8) is 0 Å². The Balaban J connectivity index is 0.000000137. The molecule has 0 spiro atoms. The molecule has 18 rings (SSSR count). The second-order valence-corrected chi connectivity index (χ2v) is 41.0. The number of methoxy groups -OCH3 is 1. The number of thiophene rings is 5. The first-order chi connectivity index (χ1) is 65.2. The van der Waals surface area contributed by atoms with E-state index in [1.54, 1.807) is 67.5 Å². The minimum absolute atomic E-state index is 0.00666. The molecule has 2 aliphatic heterocycles. The number of benzene rings is 5. The Morgan fingerprint density at radius 2 is 0.896 bits per heavy atom. The number of nitrogens with one attached hydrogen (secondary N) is 5. The monoisotopic (exact) mass is 1960 g/mol. The Kier molecular flexibility index (Phi) is 29.5. The molecule has 10 aromatic heterocycles. The number of hydrogen-bond acceptors (Lipinski definition) is 31.